The Balaban J connectivity index is 1.82. The number of aromatic nitrogens is 4. The lowest BCUT2D eigenvalue weighted by Crippen LogP contribution is -2.30. The molecule has 4 heterocycles. The number of hydrogen-bond donors (Lipinski definition) is 0. The molecule has 0 N–H and O–H groups in total. The molecule has 0 aliphatic carbocycles. The van der Waals surface area contributed by atoms with Gasteiger partial charge in [-0.1, -0.05) is 0 Å². The molecule has 0 atom stereocenters. The van der Waals surface area contributed by atoms with Crippen molar-refractivity contribution in [2.45, 2.75) is 6.92 Å². The fourth-order valence-electron chi connectivity index (χ4n) is 2.74. The molecular formula is C18H13FN6O. The number of pyridine rings is 2. The second-order valence-corrected chi connectivity index (χ2v) is 5.65. The van der Waals surface area contributed by atoms with Crippen LogP contribution in [0, 0.1) is 24.1 Å². The summed E-state index contributed by atoms with van der Waals surface area (Å²) in [4.78, 5) is 18.9. The Bertz CT molecular complexity index is 1030. The third-order valence-corrected chi connectivity index (χ3v) is 4.02. The van der Waals surface area contributed by atoms with Gasteiger partial charge in [-0.2, -0.15) is 5.26 Å². The number of ether oxygens (including phenoxy) is 1. The van der Waals surface area contributed by atoms with E-state index in [0.29, 0.717) is 47.5 Å². The van der Waals surface area contributed by atoms with Crippen molar-refractivity contribution < 1.29 is 9.13 Å². The number of hydrogen-bond acceptors (Lipinski definition) is 7. The van der Waals surface area contributed by atoms with E-state index < -0.39 is 0 Å². The zero-order valence-electron chi connectivity index (χ0n) is 13.8. The molecule has 1 aliphatic rings. The third-order valence-electron chi connectivity index (χ3n) is 4.02. The minimum atomic E-state index is -0.382. The first-order valence-corrected chi connectivity index (χ1v) is 7.92. The van der Waals surface area contributed by atoms with Crippen LogP contribution < -0.4 is 9.64 Å². The maximum absolute atomic E-state index is 13.5. The highest BCUT2D eigenvalue weighted by atomic mass is 19.1. The molecule has 8 heteroatoms. The van der Waals surface area contributed by atoms with E-state index in [2.05, 4.69) is 26.0 Å². The van der Waals surface area contributed by atoms with Crippen LogP contribution in [0.4, 0.5) is 15.9 Å². The van der Waals surface area contributed by atoms with Gasteiger partial charge in [0.1, 0.15) is 24.2 Å². The lowest BCUT2D eigenvalue weighted by atomic mass is 10.2. The summed E-state index contributed by atoms with van der Waals surface area (Å²) in [6.07, 6.45) is 4.70. The van der Waals surface area contributed by atoms with Crippen molar-refractivity contribution in [2.75, 3.05) is 18.1 Å². The highest BCUT2D eigenvalue weighted by molar-refractivity contribution is 5.72. The molecule has 0 amide bonds. The predicted octanol–water partition coefficient (Wildman–Crippen LogP) is 2.78. The smallest absolute Gasteiger partial charge is 0.180 e. The molecule has 3 aromatic heterocycles. The topological polar surface area (TPSA) is 87.8 Å². The van der Waals surface area contributed by atoms with Crippen LogP contribution in [0.25, 0.3) is 11.5 Å². The van der Waals surface area contributed by atoms with Gasteiger partial charge in [-0.15, -0.1) is 0 Å². The molecule has 3 aromatic rings. The van der Waals surface area contributed by atoms with Crippen LogP contribution in [0.15, 0.2) is 36.8 Å². The SMILES string of the molecule is Cc1nc(-c2ncc3c(n2)N(c2ccncc2C#N)CCO3)ccc1F. The number of nitriles is 1. The Morgan fingerprint density at radius 1 is 1.23 bits per heavy atom. The van der Waals surface area contributed by atoms with Gasteiger partial charge >= 0.3 is 0 Å². The molecule has 4 rings (SSSR count). The van der Waals surface area contributed by atoms with Gasteiger partial charge in [0.15, 0.2) is 17.4 Å². The van der Waals surface area contributed by atoms with Crippen LogP contribution in [-0.2, 0) is 0 Å². The predicted molar refractivity (Wildman–Crippen MR) is 91.4 cm³/mol. The van der Waals surface area contributed by atoms with Gasteiger partial charge in [0.05, 0.1) is 29.7 Å². The fraction of sp³-hybridized carbons (Fsp3) is 0.167. The zero-order valence-corrected chi connectivity index (χ0v) is 13.8. The lowest BCUT2D eigenvalue weighted by molar-refractivity contribution is 0.310. The molecule has 0 saturated heterocycles. The Labute approximate surface area is 148 Å². The number of nitrogens with zero attached hydrogens (tertiary/aromatic N) is 6. The van der Waals surface area contributed by atoms with Crippen LogP contribution in [-0.4, -0.2) is 33.1 Å². The molecule has 0 spiro atoms. The van der Waals surface area contributed by atoms with Crippen molar-refractivity contribution >= 4 is 11.5 Å². The highest BCUT2D eigenvalue weighted by Crippen LogP contribution is 2.36. The third kappa shape index (κ3) is 2.69. The summed E-state index contributed by atoms with van der Waals surface area (Å²) in [6.45, 7) is 2.55. The summed E-state index contributed by atoms with van der Waals surface area (Å²) in [5.74, 6) is 1.02. The summed E-state index contributed by atoms with van der Waals surface area (Å²) in [5.41, 5.74) is 1.88. The Hall–Kier alpha value is -3.60. The van der Waals surface area contributed by atoms with Crippen LogP contribution in [0.3, 0.4) is 0 Å². The lowest BCUT2D eigenvalue weighted by Gasteiger charge is -2.30. The summed E-state index contributed by atoms with van der Waals surface area (Å²) >= 11 is 0. The molecule has 0 unspecified atom stereocenters. The van der Waals surface area contributed by atoms with E-state index in [1.165, 1.54) is 18.3 Å². The number of aryl methyl sites for hydroxylation is 1. The number of anilines is 2. The second kappa shape index (κ2) is 6.37. The summed E-state index contributed by atoms with van der Waals surface area (Å²) < 4.78 is 19.1. The number of fused-ring (bicyclic) bond motifs is 1. The molecule has 1 aliphatic heterocycles. The second-order valence-electron chi connectivity index (χ2n) is 5.65. The van der Waals surface area contributed by atoms with Crippen LogP contribution in [0.5, 0.6) is 5.75 Å². The van der Waals surface area contributed by atoms with Gasteiger partial charge in [0.2, 0.25) is 0 Å². The van der Waals surface area contributed by atoms with E-state index in [9.17, 15) is 9.65 Å². The van der Waals surface area contributed by atoms with Gasteiger partial charge in [-0.3, -0.25) is 4.98 Å². The van der Waals surface area contributed by atoms with Crippen molar-refractivity contribution in [1.82, 2.24) is 19.9 Å². The molecule has 128 valence electrons. The van der Waals surface area contributed by atoms with Gasteiger partial charge in [-0.25, -0.2) is 19.3 Å². The van der Waals surface area contributed by atoms with Gasteiger partial charge < -0.3 is 9.64 Å². The molecule has 0 fully saturated rings. The Morgan fingerprint density at radius 3 is 2.92 bits per heavy atom. The van der Waals surface area contributed by atoms with E-state index in [1.807, 2.05) is 4.90 Å². The quantitative estimate of drug-likeness (QED) is 0.703. The molecule has 0 saturated carbocycles. The van der Waals surface area contributed by atoms with Gasteiger partial charge in [0.25, 0.3) is 0 Å². The molecule has 7 nitrogen and oxygen atoms in total. The molecule has 0 bridgehead atoms. The van der Waals surface area contributed by atoms with Crippen molar-refractivity contribution in [1.29, 1.82) is 5.26 Å². The summed E-state index contributed by atoms with van der Waals surface area (Å²) in [7, 11) is 0. The first-order valence-electron chi connectivity index (χ1n) is 7.92. The first kappa shape index (κ1) is 15.9. The summed E-state index contributed by atoms with van der Waals surface area (Å²) in [5, 5.41) is 9.36. The highest BCUT2D eigenvalue weighted by Gasteiger charge is 2.24. The first-order chi connectivity index (χ1) is 12.7. The largest absolute Gasteiger partial charge is 0.486 e. The number of rotatable bonds is 2. The summed E-state index contributed by atoms with van der Waals surface area (Å²) in [6, 6.07) is 6.77. The minimum absolute atomic E-state index is 0.276. The fourth-order valence-corrected chi connectivity index (χ4v) is 2.74. The molecule has 0 aromatic carbocycles. The maximum Gasteiger partial charge on any atom is 0.180 e. The van der Waals surface area contributed by atoms with Crippen molar-refractivity contribution in [2.24, 2.45) is 0 Å². The van der Waals surface area contributed by atoms with Crippen LogP contribution in [0.2, 0.25) is 0 Å². The minimum Gasteiger partial charge on any atom is -0.486 e. The van der Waals surface area contributed by atoms with E-state index in [-0.39, 0.29) is 11.5 Å². The molecule has 26 heavy (non-hydrogen) atoms. The Morgan fingerprint density at radius 2 is 2.12 bits per heavy atom. The number of halogens is 1. The monoisotopic (exact) mass is 348 g/mol. The van der Waals surface area contributed by atoms with Crippen LogP contribution in [0.1, 0.15) is 11.3 Å². The van der Waals surface area contributed by atoms with Gasteiger partial charge in [0, 0.05) is 12.4 Å². The van der Waals surface area contributed by atoms with Crippen molar-refractivity contribution in [3.63, 3.8) is 0 Å². The average Bonchev–Trinajstić information content (AvgIpc) is 2.69. The Kier molecular flexibility index (Phi) is 3.89. The zero-order chi connectivity index (χ0) is 18.1. The maximum atomic E-state index is 13.5. The average molecular weight is 348 g/mol. The van der Waals surface area contributed by atoms with E-state index in [1.54, 1.807) is 25.4 Å². The standard InChI is InChI=1S/C18H13FN6O/c1-11-13(19)2-3-14(23-11)17-22-10-16-18(24-17)25(6-7-26-16)15-4-5-21-9-12(15)8-20/h2-5,9-10H,6-7H2,1H3. The van der Waals surface area contributed by atoms with Crippen LogP contribution >= 0.6 is 0 Å². The normalized spacial score (nSPS) is 12.9. The molecular weight excluding hydrogens is 335 g/mol. The van der Waals surface area contributed by atoms with Gasteiger partial charge in [-0.05, 0) is 25.1 Å². The van der Waals surface area contributed by atoms with Crippen molar-refractivity contribution in [3.05, 3.63) is 53.9 Å². The van der Waals surface area contributed by atoms with Crippen molar-refractivity contribution in [3.8, 4) is 23.3 Å². The van der Waals surface area contributed by atoms with E-state index >= 15 is 0 Å². The molecule has 0 radical (unpaired) electrons. The van der Waals surface area contributed by atoms with E-state index in [4.69, 9.17) is 4.74 Å². The van der Waals surface area contributed by atoms with E-state index in [0.717, 1.165) is 0 Å².